The standard InChI is InChI=1S/C19H15FN2O4/c1-25-19(24)16-17(26-11-22-16)14-7-2-3-8-15(14)18(23)21-10-12-5-4-6-13(20)9-12/h2-9,11H,10H2,1H3,(H,21,23). The number of ether oxygens (including phenoxy) is 1. The van der Waals surface area contributed by atoms with E-state index >= 15 is 0 Å². The summed E-state index contributed by atoms with van der Waals surface area (Å²) < 4.78 is 23.2. The van der Waals surface area contributed by atoms with E-state index in [9.17, 15) is 14.0 Å². The van der Waals surface area contributed by atoms with E-state index in [-0.39, 0.29) is 23.8 Å². The second-order valence-corrected chi connectivity index (χ2v) is 5.38. The fourth-order valence-electron chi connectivity index (χ4n) is 2.48. The largest absolute Gasteiger partial charge is 0.464 e. The van der Waals surface area contributed by atoms with Crippen molar-refractivity contribution in [3.8, 4) is 11.3 Å². The molecule has 0 saturated heterocycles. The number of aromatic nitrogens is 1. The monoisotopic (exact) mass is 354 g/mol. The van der Waals surface area contributed by atoms with Crippen molar-refractivity contribution in [3.63, 3.8) is 0 Å². The molecule has 0 aliphatic heterocycles. The lowest BCUT2D eigenvalue weighted by Gasteiger charge is -2.09. The second-order valence-electron chi connectivity index (χ2n) is 5.38. The van der Waals surface area contributed by atoms with Gasteiger partial charge < -0.3 is 14.5 Å². The molecular weight excluding hydrogens is 339 g/mol. The van der Waals surface area contributed by atoms with Crippen LogP contribution in [0.15, 0.2) is 59.3 Å². The Morgan fingerprint density at radius 1 is 1.19 bits per heavy atom. The number of carbonyl (C=O) groups is 2. The maximum atomic E-state index is 13.2. The van der Waals surface area contributed by atoms with Crippen molar-refractivity contribution >= 4 is 11.9 Å². The number of hydrogen-bond acceptors (Lipinski definition) is 5. The average molecular weight is 354 g/mol. The Hall–Kier alpha value is -3.48. The minimum Gasteiger partial charge on any atom is -0.464 e. The van der Waals surface area contributed by atoms with Crippen molar-refractivity contribution < 1.29 is 23.1 Å². The van der Waals surface area contributed by atoms with Crippen LogP contribution in [-0.4, -0.2) is 24.0 Å². The number of methoxy groups -OCH3 is 1. The lowest BCUT2D eigenvalue weighted by Crippen LogP contribution is -2.23. The van der Waals surface area contributed by atoms with Gasteiger partial charge in [-0.25, -0.2) is 14.2 Å². The zero-order chi connectivity index (χ0) is 18.5. The predicted octanol–water partition coefficient (Wildman–Crippen LogP) is 3.20. The van der Waals surface area contributed by atoms with Gasteiger partial charge in [0, 0.05) is 12.1 Å². The van der Waals surface area contributed by atoms with E-state index in [4.69, 9.17) is 4.42 Å². The van der Waals surface area contributed by atoms with Gasteiger partial charge in [-0.2, -0.15) is 0 Å². The highest BCUT2D eigenvalue weighted by atomic mass is 19.1. The van der Waals surface area contributed by atoms with E-state index in [1.54, 1.807) is 36.4 Å². The molecule has 3 aromatic rings. The number of hydrogen-bond donors (Lipinski definition) is 1. The number of nitrogens with zero attached hydrogens (tertiary/aromatic N) is 1. The summed E-state index contributed by atoms with van der Waals surface area (Å²) in [6.07, 6.45) is 1.11. The quantitative estimate of drug-likeness (QED) is 0.712. The van der Waals surface area contributed by atoms with Crippen molar-refractivity contribution in [2.45, 2.75) is 6.54 Å². The molecule has 1 heterocycles. The molecule has 0 aliphatic rings. The predicted molar refractivity (Wildman–Crippen MR) is 90.8 cm³/mol. The van der Waals surface area contributed by atoms with Crippen molar-refractivity contribution in [1.82, 2.24) is 10.3 Å². The molecule has 1 N–H and O–H groups in total. The summed E-state index contributed by atoms with van der Waals surface area (Å²) in [6, 6.07) is 12.6. The normalized spacial score (nSPS) is 10.4. The van der Waals surface area contributed by atoms with Gasteiger partial charge in [0.25, 0.3) is 5.91 Å². The van der Waals surface area contributed by atoms with Crippen LogP contribution in [0.1, 0.15) is 26.4 Å². The van der Waals surface area contributed by atoms with Crippen molar-refractivity contribution in [2.24, 2.45) is 0 Å². The van der Waals surface area contributed by atoms with Crippen LogP contribution < -0.4 is 5.32 Å². The van der Waals surface area contributed by atoms with Gasteiger partial charge in [-0.3, -0.25) is 4.79 Å². The molecule has 132 valence electrons. The molecule has 1 aromatic heterocycles. The van der Waals surface area contributed by atoms with Crippen molar-refractivity contribution in [2.75, 3.05) is 7.11 Å². The molecule has 0 spiro atoms. The highest BCUT2D eigenvalue weighted by Crippen LogP contribution is 2.27. The Morgan fingerprint density at radius 3 is 2.77 bits per heavy atom. The third-order valence-corrected chi connectivity index (χ3v) is 3.70. The van der Waals surface area contributed by atoms with Crippen molar-refractivity contribution in [1.29, 1.82) is 0 Å². The topological polar surface area (TPSA) is 81.4 Å². The number of oxazole rings is 1. The first-order valence-corrected chi connectivity index (χ1v) is 7.74. The fourth-order valence-corrected chi connectivity index (χ4v) is 2.48. The summed E-state index contributed by atoms with van der Waals surface area (Å²) in [6.45, 7) is 0.158. The number of carbonyl (C=O) groups excluding carboxylic acids is 2. The van der Waals surface area contributed by atoms with Crippen LogP contribution in [0.3, 0.4) is 0 Å². The number of esters is 1. The number of rotatable bonds is 5. The molecule has 3 rings (SSSR count). The Kier molecular flexibility index (Phi) is 5.07. The van der Waals surface area contributed by atoms with E-state index in [1.807, 2.05) is 0 Å². The number of halogens is 1. The summed E-state index contributed by atoms with van der Waals surface area (Å²) in [7, 11) is 1.23. The molecule has 0 unspecified atom stereocenters. The first kappa shape index (κ1) is 17.3. The van der Waals surface area contributed by atoms with E-state index in [0.29, 0.717) is 16.7 Å². The molecule has 7 heteroatoms. The summed E-state index contributed by atoms with van der Waals surface area (Å²) in [5.74, 6) is -1.28. The van der Waals surface area contributed by atoms with Gasteiger partial charge in [0.15, 0.2) is 17.8 Å². The van der Waals surface area contributed by atoms with Crippen LogP contribution in [0.5, 0.6) is 0 Å². The van der Waals surface area contributed by atoms with Crippen LogP contribution in [0.2, 0.25) is 0 Å². The van der Waals surface area contributed by atoms with Crippen LogP contribution >= 0.6 is 0 Å². The Morgan fingerprint density at radius 2 is 2.00 bits per heavy atom. The minimum absolute atomic E-state index is 0.0159. The summed E-state index contributed by atoms with van der Waals surface area (Å²) in [5, 5.41) is 2.72. The molecule has 0 bridgehead atoms. The van der Waals surface area contributed by atoms with Gasteiger partial charge in [-0.15, -0.1) is 0 Å². The molecule has 2 aromatic carbocycles. The van der Waals surface area contributed by atoms with E-state index in [1.165, 1.54) is 19.2 Å². The number of nitrogens with one attached hydrogen (secondary N) is 1. The molecule has 0 aliphatic carbocycles. The molecular formula is C19H15FN2O4. The van der Waals surface area contributed by atoms with Crippen LogP contribution in [0, 0.1) is 5.82 Å². The van der Waals surface area contributed by atoms with Crippen LogP contribution in [0.25, 0.3) is 11.3 Å². The maximum Gasteiger partial charge on any atom is 0.360 e. The first-order chi connectivity index (χ1) is 12.6. The number of benzene rings is 2. The third-order valence-electron chi connectivity index (χ3n) is 3.70. The van der Waals surface area contributed by atoms with Gasteiger partial charge in [0.2, 0.25) is 0 Å². The molecule has 0 atom stereocenters. The second kappa shape index (κ2) is 7.60. The highest BCUT2D eigenvalue weighted by molar-refractivity contribution is 6.03. The Balaban J connectivity index is 1.86. The van der Waals surface area contributed by atoms with E-state index in [0.717, 1.165) is 6.39 Å². The fraction of sp³-hybridized carbons (Fsp3) is 0.105. The number of amides is 1. The SMILES string of the molecule is COC(=O)c1ncoc1-c1ccccc1C(=O)NCc1cccc(F)c1. The van der Waals surface area contributed by atoms with Gasteiger partial charge >= 0.3 is 5.97 Å². The summed E-state index contributed by atoms with van der Waals surface area (Å²) in [4.78, 5) is 28.3. The summed E-state index contributed by atoms with van der Waals surface area (Å²) in [5.41, 5.74) is 1.32. The van der Waals surface area contributed by atoms with Gasteiger partial charge in [-0.05, 0) is 23.8 Å². The first-order valence-electron chi connectivity index (χ1n) is 7.74. The molecule has 26 heavy (non-hydrogen) atoms. The maximum absolute atomic E-state index is 13.2. The lowest BCUT2D eigenvalue weighted by molar-refractivity contribution is 0.0595. The third kappa shape index (κ3) is 3.61. The van der Waals surface area contributed by atoms with Crippen LogP contribution in [0.4, 0.5) is 4.39 Å². The highest BCUT2D eigenvalue weighted by Gasteiger charge is 2.23. The van der Waals surface area contributed by atoms with E-state index in [2.05, 4.69) is 15.0 Å². The molecule has 6 nitrogen and oxygen atoms in total. The Labute approximate surface area is 148 Å². The van der Waals surface area contributed by atoms with Crippen molar-refractivity contribution in [3.05, 3.63) is 77.6 Å². The van der Waals surface area contributed by atoms with Gasteiger partial charge in [0.1, 0.15) is 5.82 Å². The zero-order valence-electron chi connectivity index (χ0n) is 13.9. The van der Waals surface area contributed by atoms with Gasteiger partial charge in [0.05, 0.1) is 12.7 Å². The van der Waals surface area contributed by atoms with E-state index < -0.39 is 11.9 Å². The van der Waals surface area contributed by atoms with Gasteiger partial charge in [-0.1, -0.05) is 30.3 Å². The van der Waals surface area contributed by atoms with Crippen LogP contribution in [-0.2, 0) is 11.3 Å². The Bertz CT molecular complexity index is 952. The summed E-state index contributed by atoms with van der Waals surface area (Å²) >= 11 is 0. The minimum atomic E-state index is -0.663. The molecule has 0 saturated carbocycles. The smallest absolute Gasteiger partial charge is 0.360 e. The lowest BCUT2D eigenvalue weighted by atomic mass is 10.0. The average Bonchev–Trinajstić information content (AvgIpc) is 3.15. The molecule has 0 fully saturated rings. The molecule has 0 radical (unpaired) electrons. The molecule has 1 amide bonds. The zero-order valence-corrected chi connectivity index (χ0v) is 13.9.